The quantitative estimate of drug-likeness (QED) is 0.204. The van der Waals surface area contributed by atoms with E-state index in [4.69, 9.17) is 5.10 Å². The number of fused-ring (bicyclic) bond motifs is 4. The van der Waals surface area contributed by atoms with E-state index in [1.54, 1.807) is 0 Å². The first-order chi connectivity index (χ1) is 20.7. The van der Waals surface area contributed by atoms with Crippen LogP contribution >= 0.6 is 0 Å². The molecule has 0 spiro atoms. The van der Waals surface area contributed by atoms with E-state index in [0.29, 0.717) is 6.04 Å². The van der Waals surface area contributed by atoms with Gasteiger partial charge in [-0.05, 0) is 80.6 Å². The second-order valence-corrected chi connectivity index (χ2v) is 11.4. The summed E-state index contributed by atoms with van der Waals surface area (Å²) in [7, 11) is 0. The van der Waals surface area contributed by atoms with Crippen LogP contribution in [0.15, 0.2) is 140 Å². The summed E-state index contributed by atoms with van der Waals surface area (Å²) in [5.41, 5.74) is 8.36. The summed E-state index contributed by atoms with van der Waals surface area (Å²) in [5, 5.41) is 13.8. The highest BCUT2D eigenvalue weighted by Gasteiger charge is 2.18. The molecule has 1 heterocycles. The molecule has 42 heavy (non-hydrogen) atoms. The van der Waals surface area contributed by atoms with Crippen LogP contribution in [0.2, 0.25) is 0 Å². The Morgan fingerprint density at radius 3 is 1.55 bits per heavy atom. The minimum atomic E-state index is 0.293. The van der Waals surface area contributed by atoms with E-state index in [9.17, 15) is 0 Å². The van der Waals surface area contributed by atoms with Gasteiger partial charge in [-0.25, -0.2) is 0 Å². The molecule has 0 amide bonds. The van der Waals surface area contributed by atoms with Gasteiger partial charge in [-0.1, -0.05) is 127 Å². The van der Waals surface area contributed by atoms with Gasteiger partial charge in [-0.2, -0.15) is 5.10 Å². The van der Waals surface area contributed by atoms with E-state index in [2.05, 4.69) is 158 Å². The lowest BCUT2D eigenvalue weighted by Crippen LogP contribution is -2.02. The van der Waals surface area contributed by atoms with Gasteiger partial charge >= 0.3 is 0 Å². The molecule has 8 aromatic rings. The molecule has 2 nitrogen and oxygen atoms in total. The van der Waals surface area contributed by atoms with Gasteiger partial charge in [0.25, 0.3) is 0 Å². The second-order valence-electron chi connectivity index (χ2n) is 11.4. The number of rotatable bonds is 4. The molecule has 0 saturated carbocycles. The predicted octanol–water partition coefficient (Wildman–Crippen LogP) is 11.1. The number of nitrogens with zero attached hydrogens (tertiary/aromatic N) is 2. The third-order valence-electron chi connectivity index (χ3n) is 8.52. The largest absolute Gasteiger partial charge is 0.262 e. The SMILES string of the molecule is CC(C)n1nc(-c2ccc(-c3c4ccccc4c(-c4ccc5ccccc5c4)c4ccccc34)cc2)c2ccccc21. The average Bonchev–Trinajstić information content (AvgIpc) is 3.44. The summed E-state index contributed by atoms with van der Waals surface area (Å²) in [5.74, 6) is 0. The summed E-state index contributed by atoms with van der Waals surface area (Å²) < 4.78 is 2.13. The molecule has 0 atom stereocenters. The Hall–Kier alpha value is -5.21. The smallest absolute Gasteiger partial charge is 0.100 e. The molecular formula is C40H30N2. The van der Waals surface area contributed by atoms with Crippen molar-refractivity contribution < 1.29 is 0 Å². The fourth-order valence-corrected chi connectivity index (χ4v) is 6.59. The third kappa shape index (κ3) is 3.83. The van der Waals surface area contributed by atoms with Crippen LogP contribution in [-0.2, 0) is 0 Å². The molecule has 1 aromatic heterocycles. The standard InChI is InChI=1S/C40H30N2/c1-26(2)42-37-18-10-9-17-36(37)40(41-42)29-22-20-28(21-23-29)38-32-13-5-7-15-34(32)39(35-16-8-6-14-33(35)38)31-24-19-27-11-3-4-12-30(27)25-31/h3-26H,1-2H3. The monoisotopic (exact) mass is 538 g/mol. The summed E-state index contributed by atoms with van der Waals surface area (Å²) >= 11 is 0. The van der Waals surface area contributed by atoms with Gasteiger partial charge in [-0.3, -0.25) is 4.68 Å². The lowest BCUT2D eigenvalue weighted by molar-refractivity contribution is 0.552. The molecule has 0 fully saturated rings. The third-order valence-corrected chi connectivity index (χ3v) is 8.52. The van der Waals surface area contributed by atoms with Crippen LogP contribution in [0.5, 0.6) is 0 Å². The van der Waals surface area contributed by atoms with Gasteiger partial charge in [0.15, 0.2) is 0 Å². The fourth-order valence-electron chi connectivity index (χ4n) is 6.59. The van der Waals surface area contributed by atoms with Crippen LogP contribution in [0.25, 0.3) is 76.7 Å². The number of benzene rings is 7. The van der Waals surface area contributed by atoms with Crippen LogP contribution in [0.1, 0.15) is 19.9 Å². The maximum Gasteiger partial charge on any atom is 0.100 e. The van der Waals surface area contributed by atoms with Crippen molar-refractivity contribution in [3.8, 4) is 33.5 Å². The van der Waals surface area contributed by atoms with Crippen molar-refractivity contribution in [3.05, 3.63) is 140 Å². The Balaban J connectivity index is 1.34. The molecule has 7 aromatic carbocycles. The number of hydrogen-bond donors (Lipinski definition) is 0. The molecule has 0 bridgehead atoms. The minimum Gasteiger partial charge on any atom is -0.262 e. The van der Waals surface area contributed by atoms with E-state index < -0.39 is 0 Å². The van der Waals surface area contributed by atoms with Crippen LogP contribution in [0, 0.1) is 0 Å². The summed E-state index contributed by atoms with van der Waals surface area (Å²) in [6, 6.07) is 51.0. The number of para-hydroxylation sites is 1. The molecule has 0 N–H and O–H groups in total. The maximum atomic E-state index is 5.04. The molecule has 8 rings (SSSR count). The molecule has 0 unspecified atom stereocenters. The zero-order chi connectivity index (χ0) is 28.2. The van der Waals surface area contributed by atoms with Gasteiger partial charge in [-0.15, -0.1) is 0 Å². The minimum absolute atomic E-state index is 0.293. The van der Waals surface area contributed by atoms with Gasteiger partial charge in [0.05, 0.1) is 5.52 Å². The van der Waals surface area contributed by atoms with Crippen molar-refractivity contribution >= 4 is 43.2 Å². The second kappa shape index (κ2) is 9.71. The van der Waals surface area contributed by atoms with Crippen molar-refractivity contribution in [1.82, 2.24) is 9.78 Å². The normalized spacial score (nSPS) is 11.8. The molecule has 2 heteroatoms. The van der Waals surface area contributed by atoms with Crippen molar-refractivity contribution in [2.24, 2.45) is 0 Å². The van der Waals surface area contributed by atoms with E-state index in [1.807, 2.05) is 0 Å². The van der Waals surface area contributed by atoms with Crippen LogP contribution in [-0.4, -0.2) is 9.78 Å². The zero-order valence-electron chi connectivity index (χ0n) is 23.8. The Labute approximate surface area is 245 Å². The van der Waals surface area contributed by atoms with Gasteiger partial charge in [0, 0.05) is 17.0 Å². The Morgan fingerprint density at radius 2 is 0.929 bits per heavy atom. The van der Waals surface area contributed by atoms with E-state index in [0.717, 1.165) is 11.3 Å². The van der Waals surface area contributed by atoms with Gasteiger partial charge < -0.3 is 0 Å². The first-order valence-corrected chi connectivity index (χ1v) is 14.7. The summed E-state index contributed by atoms with van der Waals surface area (Å²) in [4.78, 5) is 0. The number of aromatic nitrogens is 2. The molecule has 0 aliphatic carbocycles. The highest BCUT2D eigenvalue weighted by atomic mass is 15.3. The van der Waals surface area contributed by atoms with Gasteiger partial charge in [0.2, 0.25) is 0 Å². The topological polar surface area (TPSA) is 17.8 Å². The zero-order valence-corrected chi connectivity index (χ0v) is 23.8. The van der Waals surface area contributed by atoms with E-state index in [-0.39, 0.29) is 0 Å². The molecule has 0 aliphatic heterocycles. The number of hydrogen-bond acceptors (Lipinski definition) is 1. The van der Waals surface area contributed by atoms with Crippen LogP contribution < -0.4 is 0 Å². The highest BCUT2D eigenvalue weighted by Crippen LogP contribution is 2.44. The molecule has 200 valence electrons. The van der Waals surface area contributed by atoms with Crippen molar-refractivity contribution in [2.75, 3.05) is 0 Å². The van der Waals surface area contributed by atoms with Crippen molar-refractivity contribution in [1.29, 1.82) is 0 Å². The average molecular weight is 539 g/mol. The highest BCUT2D eigenvalue weighted by molar-refractivity contribution is 6.21. The molecule has 0 aliphatic rings. The van der Waals surface area contributed by atoms with Gasteiger partial charge in [0.1, 0.15) is 5.69 Å². The predicted molar refractivity (Wildman–Crippen MR) is 179 cm³/mol. The van der Waals surface area contributed by atoms with Crippen molar-refractivity contribution in [3.63, 3.8) is 0 Å². The Kier molecular flexibility index (Phi) is 5.68. The summed E-state index contributed by atoms with van der Waals surface area (Å²) in [6.07, 6.45) is 0. The maximum absolute atomic E-state index is 5.04. The van der Waals surface area contributed by atoms with Crippen molar-refractivity contribution in [2.45, 2.75) is 19.9 Å². The molecule has 0 radical (unpaired) electrons. The molecule has 0 saturated heterocycles. The first kappa shape index (κ1) is 24.6. The molecular weight excluding hydrogens is 508 g/mol. The van der Waals surface area contributed by atoms with Crippen LogP contribution in [0.3, 0.4) is 0 Å². The lowest BCUT2D eigenvalue weighted by Gasteiger charge is -2.18. The lowest BCUT2D eigenvalue weighted by atomic mass is 9.85. The Bertz CT molecular complexity index is 2210. The first-order valence-electron chi connectivity index (χ1n) is 14.7. The Morgan fingerprint density at radius 1 is 0.452 bits per heavy atom. The van der Waals surface area contributed by atoms with Crippen LogP contribution in [0.4, 0.5) is 0 Å². The summed E-state index contributed by atoms with van der Waals surface area (Å²) in [6.45, 7) is 4.37. The van der Waals surface area contributed by atoms with E-state index >= 15 is 0 Å². The fraction of sp³-hybridized carbons (Fsp3) is 0.0750. The van der Waals surface area contributed by atoms with E-state index in [1.165, 1.54) is 65.5 Å².